The fraction of sp³-hybridized carbons (Fsp3) is 0.278. The van der Waals surface area contributed by atoms with Crippen LogP contribution in [0.2, 0.25) is 5.02 Å². The lowest BCUT2D eigenvalue weighted by molar-refractivity contribution is 0.101. The standard InChI is InChI=1S/C18H19ClO2/c1-3-4-10-21-16-7-5-6-14(11-16)15-8-9-17(13(2)20)18(19)12-15/h5-9,11-12H,3-4,10H2,1-2H3. The number of carbonyl (C=O) groups excluding carboxylic acids is 1. The van der Waals surface area contributed by atoms with Gasteiger partial charge in [-0.3, -0.25) is 4.79 Å². The number of Topliss-reactive ketones (excluding diaryl/α,β-unsaturated/α-hetero) is 1. The Balaban J connectivity index is 2.23. The topological polar surface area (TPSA) is 26.3 Å². The van der Waals surface area contributed by atoms with Crippen molar-refractivity contribution in [1.29, 1.82) is 0 Å². The van der Waals surface area contributed by atoms with Crippen LogP contribution in [-0.4, -0.2) is 12.4 Å². The van der Waals surface area contributed by atoms with Crippen LogP contribution >= 0.6 is 11.6 Å². The van der Waals surface area contributed by atoms with Crippen molar-refractivity contribution in [3.8, 4) is 16.9 Å². The van der Waals surface area contributed by atoms with Gasteiger partial charge in [0.2, 0.25) is 0 Å². The monoisotopic (exact) mass is 302 g/mol. The summed E-state index contributed by atoms with van der Waals surface area (Å²) in [6.07, 6.45) is 2.16. The van der Waals surface area contributed by atoms with Crippen molar-refractivity contribution in [3.63, 3.8) is 0 Å². The Morgan fingerprint density at radius 2 is 1.90 bits per heavy atom. The van der Waals surface area contributed by atoms with Crippen LogP contribution in [0, 0.1) is 0 Å². The number of ketones is 1. The molecule has 110 valence electrons. The first-order valence-corrected chi connectivity index (χ1v) is 7.53. The van der Waals surface area contributed by atoms with E-state index in [9.17, 15) is 4.79 Å². The molecule has 0 bridgehead atoms. The lowest BCUT2D eigenvalue weighted by Crippen LogP contribution is -1.96. The van der Waals surface area contributed by atoms with Crippen molar-refractivity contribution in [2.45, 2.75) is 26.7 Å². The molecular weight excluding hydrogens is 284 g/mol. The molecular formula is C18H19ClO2. The molecule has 0 aliphatic carbocycles. The van der Waals surface area contributed by atoms with Crippen LogP contribution in [0.5, 0.6) is 5.75 Å². The molecule has 0 radical (unpaired) electrons. The van der Waals surface area contributed by atoms with E-state index < -0.39 is 0 Å². The molecule has 0 saturated carbocycles. The van der Waals surface area contributed by atoms with Gasteiger partial charge in [0.05, 0.1) is 11.6 Å². The van der Waals surface area contributed by atoms with Crippen molar-refractivity contribution in [3.05, 3.63) is 53.1 Å². The number of hydrogen-bond acceptors (Lipinski definition) is 2. The van der Waals surface area contributed by atoms with Crippen molar-refractivity contribution in [1.82, 2.24) is 0 Å². The second-order valence-electron chi connectivity index (χ2n) is 4.98. The minimum atomic E-state index is -0.0248. The van der Waals surface area contributed by atoms with Crippen LogP contribution in [-0.2, 0) is 0 Å². The second-order valence-corrected chi connectivity index (χ2v) is 5.39. The van der Waals surface area contributed by atoms with E-state index in [4.69, 9.17) is 16.3 Å². The van der Waals surface area contributed by atoms with Gasteiger partial charge >= 0.3 is 0 Å². The molecule has 0 spiro atoms. The zero-order valence-corrected chi connectivity index (χ0v) is 13.1. The molecule has 0 saturated heterocycles. The zero-order chi connectivity index (χ0) is 15.2. The molecule has 2 nitrogen and oxygen atoms in total. The fourth-order valence-corrected chi connectivity index (χ4v) is 2.39. The van der Waals surface area contributed by atoms with E-state index in [1.807, 2.05) is 36.4 Å². The highest BCUT2D eigenvalue weighted by molar-refractivity contribution is 6.34. The smallest absolute Gasteiger partial charge is 0.161 e. The first kappa shape index (κ1) is 15.6. The van der Waals surface area contributed by atoms with Gasteiger partial charge in [-0.1, -0.05) is 43.1 Å². The lowest BCUT2D eigenvalue weighted by atomic mass is 10.0. The Bertz CT molecular complexity index is 635. The average molecular weight is 303 g/mol. The Morgan fingerprint density at radius 3 is 2.57 bits per heavy atom. The average Bonchev–Trinajstić information content (AvgIpc) is 2.47. The van der Waals surface area contributed by atoms with Crippen molar-refractivity contribution < 1.29 is 9.53 Å². The zero-order valence-electron chi connectivity index (χ0n) is 12.4. The highest BCUT2D eigenvalue weighted by Crippen LogP contribution is 2.28. The van der Waals surface area contributed by atoms with Crippen molar-refractivity contribution in [2.24, 2.45) is 0 Å². The maximum Gasteiger partial charge on any atom is 0.161 e. The normalized spacial score (nSPS) is 10.4. The van der Waals surface area contributed by atoms with Gasteiger partial charge in [-0.05, 0) is 48.7 Å². The second kappa shape index (κ2) is 7.28. The summed E-state index contributed by atoms with van der Waals surface area (Å²) in [7, 11) is 0. The van der Waals surface area contributed by atoms with Gasteiger partial charge in [0.25, 0.3) is 0 Å². The largest absolute Gasteiger partial charge is 0.494 e. The van der Waals surface area contributed by atoms with Gasteiger partial charge in [-0.15, -0.1) is 0 Å². The van der Waals surface area contributed by atoms with Crippen molar-refractivity contribution >= 4 is 17.4 Å². The summed E-state index contributed by atoms with van der Waals surface area (Å²) in [5.74, 6) is 0.830. The Hall–Kier alpha value is -1.80. The highest BCUT2D eigenvalue weighted by atomic mass is 35.5. The number of hydrogen-bond donors (Lipinski definition) is 0. The molecule has 0 aliphatic rings. The van der Waals surface area contributed by atoms with E-state index in [1.165, 1.54) is 6.92 Å². The van der Waals surface area contributed by atoms with Gasteiger partial charge in [0.1, 0.15) is 5.75 Å². The summed E-state index contributed by atoms with van der Waals surface area (Å²) in [5, 5.41) is 0.484. The van der Waals surface area contributed by atoms with Gasteiger partial charge in [-0.2, -0.15) is 0 Å². The number of unbranched alkanes of at least 4 members (excludes halogenated alkanes) is 1. The molecule has 3 heteroatoms. The first-order chi connectivity index (χ1) is 10.1. The van der Waals surface area contributed by atoms with Gasteiger partial charge in [0, 0.05) is 5.56 Å². The number of halogens is 1. The summed E-state index contributed by atoms with van der Waals surface area (Å²) in [4.78, 5) is 11.4. The van der Waals surface area contributed by atoms with Crippen LogP contribution in [0.15, 0.2) is 42.5 Å². The first-order valence-electron chi connectivity index (χ1n) is 7.15. The fourth-order valence-electron chi connectivity index (χ4n) is 2.08. The Morgan fingerprint density at radius 1 is 1.14 bits per heavy atom. The minimum absolute atomic E-state index is 0.0248. The molecule has 0 unspecified atom stereocenters. The third-order valence-corrected chi connectivity index (χ3v) is 3.60. The third-order valence-electron chi connectivity index (χ3n) is 3.28. The SMILES string of the molecule is CCCCOc1cccc(-c2ccc(C(C)=O)c(Cl)c2)c1. The van der Waals surface area contributed by atoms with Crippen molar-refractivity contribution in [2.75, 3.05) is 6.61 Å². The summed E-state index contributed by atoms with van der Waals surface area (Å²) < 4.78 is 5.71. The van der Waals surface area contributed by atoms with Crippen LogP contribution < -0.4 is 4.74 Å². The maximum atomic E-state index is 11.4. The van der Waals surface area contributed by atoms with Gasteiger partial charge in [-0.25, -0.2) is 0 Å². The molecule has 21 heavy (non-hydrogen) atoms. The van der Waals surface area contributed by atoms with E-state index in [1.54, 1.807) is 6.07 Å². The molecule has 2 aromatic carbocycles. The lowest BCUT2D eigenvalue weighted by Gasteiger charge is -2.09. The molecule has 0 amide bonds. The quantitative estimate of drug-likeness (QED) is 0.528. The van der Waals surface area contributed by atoms with E-state index in [0.29, 0.717) is 10.6 Å². The predicted molar refractivity (Wildman–Crippen MR) is 87.3 cm³/mol. The molecule has 2 aromatic rings. The third kappa shape index (κ3) is 4.08. The number of rotatable bonds is 6. The minimum Gasteiger partial charge on any atom is -0.494 e. The molecule has 0 aromatic heterocycles. The Labute approximate surface area is 130 Å². The van der Waals surface area contributed by atoms with E-state index in [-0.39, 0.29) is 5.78 Å². The van der Waals surface area contributed by atoms with Crippen LogP contribution in [0.3, 0.4) is 0 Å². The van der Waals surface area contributed by atoms with E-state index in [2.05, 4.69) is 6.92 Å². The molecule has 0 N–H and O–H groups in total. The summed E-state index contributed by atoms with van der Waals surface area (Å²) in [5.41, 5.74) is 2.56. The maximum absolute atomic E-state index is 11.4. The summed E-state index contributed by atoms with van der Waals surface area (Å²) in [6, 6.07) is 13.4. The Kier molecular flexibility index (Phi) is 5.40. The van der Waals surface area contributed by atoms with Crippen LogP contribution in [0.1, 0.15) is 37.0 Å². The molecule has 0 heterocycles. The van der Waals surface area contributed by atoms with Crippen LogP contribution in [0.25, 0.3) is 11.1 Å². The summed E-state index contributed by atoms with van der Waals surface area (Å²) >= 11 is 6.16. The van der Waals surface area contributed by atoms with Gasteiger partial charge in [0.15, 0.2) is 5.78 Å². The number of benzene rings is 2. The summed E-state index contributed by atoms with van der Waals surface area (Å²) in [6.45, 7) is 4.38. The van der Waals surface area contributed by atoms with E-state index in [0.717, 1.165) is 36.3 Å². The molecule has 0 atom stereocenters. The molecule has 2 rings (SSSR count). The highest BCUT2D eigenvalue weighted by Gasteiger charge is 2.08. The molecule has 0 aliphatic heterocycles. The predicted octanol–water partition coefficient (Wildman–Crippen LogP) is 5.39. The van der Waals surface area contributed by atoms with E-state index >= 15 is 0 Å². The van der Waals surface area contributed by atoms with Crippen LogP contribution in [0.4, 0.5) is 0 Å². The molecule has 0 fully saturated rings. The number of carbonyl (C=O) groups is 1. The number of ether oxygens (including phenoxy) is 1. The van der Waals surface area contributed by atoms with Gasteiger partial charge < -0.3 is 4.74 Å².